The fraction of sp³-hybridized carbons (Fsp3) is 0.423. The second-order valence-electron chi connectivity index (χ2n) is 8.64. The predicted molar refractivity (Wildman–Crippen MR) is 128 cm³/mol. The maximum Gasteiger partial charge on any atom is 0.242 e. The molecule has 0 saturated carbocycles. The van der Waals surface area contributed by atoms with Crippen molar-refractivity contribution >= 4 is 28.5 Å². The van der Waals surface area contributed by atoms with Gasteiger partial charge in [0.2, 0.25) is 11.8 Å². The monoisotopic (exact) mass is 432 g/mol. The molecule has 6 heteroatoms. The number of hydrogen-bond acceptors (Lipinski definition) is 3. The smallest absolute Gasteiger partial charge is 0.242 e. The Balaban J connectivity index is 1.61. The first-order valence-electron chi connectivity index (χ1n) is 11.6. The van der Waals surface area contributed by atoms with Crippen molar-refractivity contribution in [1.29, 1.82) is 0 Å². The van der Waals surface area contributed by atoms with Crippen molar-refractivity contribution in [2.45, 2.75) is 52.0 Å². The molecule has 168 valence electrons. The highest BCUT2D eigenvalue weighted by Crippen LogP contribution is 2.33. The molecule has 2 amide bonds. The standard InChI is InChI=1S/C26H32N4O2/c1-4-6-15-28(3)25(32)18-30-23-10-8-7-9-22(23)27-26(30)20-16-24(31)29(17-20)21-13-11-19(5-2)12-14-21/h7-14,20H,4-6,15-18H2,1-3H3/t20-/m0/s1. The number of nitrogens with zero attached hydrogens (tertiary/aromatic N) is 4. The van der Waals surface area contributed by atoms with Crippen LogP contribution in [0.25, 0.3) is 11.0 Å². The van der Waals surface area contributed by atoms with Crippen LogP contribution in [-0.4, -0.2) is 46.4 Å². The first kappa shape index (κ1) is 22.1. The SMILES string of the molecule is CCCCN(C)C(=O)Cn1c([C@H]2CC(=O)N(c3ccc(CC)cc3)C2)nc2ccccc21. The first-order valence-corrected chi connectivity index (χ1v) is 11.6. The number of hydrogen-bond donors (Lipinski definition) is 0. The van der Waals surface area contributed by atoms with Crippen molar-refractivity contribution in [2.75, 3.05) is 25.0 Å². The van der Waals surface area contributed by atoms with E-state index in [-0.39, 0.29) is 24.3 Å². The van der Waals surface area contributed by atoms with Crippen LogP contribution in [0.15, 0.2) is 48.5 Å². The van der Waals surface area contributed by atoms with Crippen molar-refractivity contribution in [1.82, 2.24) is 14.5 Å². The minimum atomic E-state index is -0.0468. The molecule has 1 aliphatic rings. The van der Waals surface area contributed by atoms with Crippen molar-refractivity contribution in [2.24, 2.45) is 0 Å². The van der Waals surface area contributed by atoms with Gasteiger partial charge in [0.05, 0.1) is 11.0 Å². The van der Waals surface area contributed by atoms with Crippen molar-refractivity contribution < 1.29 is 9.59 Å². The minimum absolute atomic E-state index is 0.0468. The van der Waals surface area contributed by atoms with E-state index in [2.05, 4.69) is 26.0 Å². The Labute approximate surface area is 189 Å². The number of fused-ring (bicyclic) bond motifs is 1. The van der Waals surface area contributed by atoms with E-state index in [1.54, 1.807) is 4.90 Å². The van der Waals surface area contributed by atoms with Gasteiger partial charge in [-0.2, -0.15) is 0 Å². The molecular weight excluding hydrogens is 400 g/mol. The average Bonchev–Trinajstić information content (AvgIpc) is 3.38. The van der Waals surface area contributed by atoms with E-state index in [0.717, 1.165) is 48.4 Å². The molecule has 0 bridgehead atoms. The number of amides is 2. The third-order valence-corrected chi connectivity index (χ3v) is 6.40. The molecule has 0 aliphatic carbocycles. The van der Waals surface area contributed by atoms with Crippen LogP contribution in [0.4, 0.5) is 5.69 Å². The third kappa shape index (κ3) is 4.40. The number of para-hydroxylation sites is 2. The lowest BCUT2D eigenvalue weighted by Gasteiger charge is -2.20. The fourth-order valence-corrected chi connectivity index (χ4v) is 4.39. The molecule has 1 aromatic heterocycles. The molecule has 2 heterocycles. The van der Waals surface area contributed by atoms with E-state index in [4.69, 9.17) is 4.98 Å². The number of aromatic nitrogens is 2. The number of carbonyl (C=O) groups is 2. The first-order chi connectivity index (χ1) is 15.5. The van der Waals surface area contributed by atoms with Gasteiger partial charge in [0.25, 0.3) is 0 Å². The number of aryl methyl sites for hydroxylation is 1. The molecule has 32 heavy (non-hydrogen) atoms. The molecule has 0 spiro atoms. The van der Waals surface area contributed by atoms with Crippen LogP contribution in [0.2, 0.25) is 0 Å². The van der Waals surface area contributed by atoms with Crippen LogP contribution in [0.3, 0.4) is 0 Å². The van der Waals surface area contributed by atoms with Gasteiger partial charge in [-0.15, -0.1) is 0 Å². The lowest BCUT2D eigenvalue weighted by atomic mass is 10.1. The summed E-state index contributed by atoms with van der Waals surface area (Å²) in [7, 11) is 1.86. The Hall–Kier alpha value is -3.15. The predicted octanol–water partition coefficient (Wildman–Crippen LogP) is 4.38. The summed E-state index contributed by atoms with van der Waals surface area (Å²) in [6.45, 7) is 5.82. The van der Waals surface area contributed by atoms with Crippen LogP contribution in [0.5, 0.6) is 0 Å². The topological polar surface area (TPSA) is 58.4 Å². The lowest BCUT2D eigenvalue weighted by Crippen LogP contribution is -2.32. The number of rotatable bonds is 8. The number of imidazole rings is 1. The van der Waals surface area contributed by atoms with Gasteiger partial charge in [0.1, 0.15) is 12.4 Å². The molecule has 2 aromatic carbocycles. The number of likely N-dealkylation sites (N-methyl/N-ethyl adjacent to an activating group) is 1. The second kappa shape index (κ2) is 9.55. The summed E-state index contributed by atoms with van der Waals surface area (Å²) in [4.78, 5) is 34.4. The Bertz CT molecular complexity index is 1100. The normalized spacial score (nSPS) is 16.2. The Morgan fingerprint density at radius 3 is 2.59 bits per heavy atom. The zero-order valence-corrected chi connectivity index (χ0v) is 19.3. The van der Waals surface area contributed by atoms with Crippen LogP contribution in [-0.2, 0) is 22.6 Å². The summed E-state index contributed by atoms with van der Waals surface area (Å²) in [5, 5.41) is 0. The van der Waals surface area contributed by atoms with Gasteiger partial charge < -0.3 is 14.4 Å². The van der Waals surface area contributed by atoms with Gasteiger partial charge in [-0.1, -0.05) is 44.5 Å². The molecule has 3 aromatic rings. The number of anilines is 1. The van der Waals surface area contributed by atoms with Crippen molar-refractivity contribution in [3.8, 4) is 0 Å². The summed E-state index contributed by atoms with van der Waals surface area (Å²) in [5.74, 6) is 0.947. The van der Waals surface area contributed by atoms with E-state index in [1.807, 2.05) is 52.9 Å². The Morgan fingerprint density at radius 1 is 1.12 bits per heavy atom. The van der Waals surface area contributed by atoms with E-state index in [9.17, 15) is 9.59 Å². The maximum absolute atomic E-state index is 12.9. The van der Waals surface area contributed by atoms with Crippen molar-refractivity contribution in [3.05, 3.63) is 59.9 Å². The number of unbranched alkanes of at least 4 members (excludes halogenated alkanes) is 1. The van der Waals surface area contributed by atoms with Gasteiger partial charge in [0.15, 0.2) is 0 Å². The van der Waals surface area contributed by atoms with Crippen molar-refractivity contribution in [3.63, 3.8) is 0 Å². The Kier molecular flexibility index (Phi) is 6.58. The molecule has 1 saturated heterocycles. The fourth-order valence-electron chi connectivity index (χ4n) is 4.39. The van der Waals surface area contributed by atoms with Crippen LogP contribution >= 0.6 is 0 Å². The molecule has 1 atom stereocenters. The van der Waals surface area contributed by atoms with Gasteiger partial charge in [-0.25, -0.2) is 4.98 Å². The van der Waals surface area contributed by atoms with Crippen LogP contribution < -0.4 is 4.90 Å². The zero-order valence-electron chi connectivity index (χ0n) is 19.3. The number of carbonyl (C=O) groups excluding carboxylic acids is 2. The Morgan fingerprint density at radius 2 is 1.88 bits per heavy atom. The summed E-state index contributed by atoms with van der Waals surface area (Å²) in [5.41, 5.74) is 3.99. The molecular formula is C26H32N4O2. The van der Waals surface area contributed by atoms with E-state index < -0.39 is 0 Å². The summed E-state index contributed by atoms with van der Waals surface area (Å²) in [6.07, 6.45) is 3.42. The van der Waals surface area contributed by atoms with Crippen LogP contribution in [0, 0.1) is 0 Å². The van der Waals surface area contributed by atoms with Gasteiger partial charge in [-0.05, 0) is 42.7 Å². The zero-order chi connectivity index (χ0) is 22.7. The van der Waals surface area contributed by atoms with Gasteiger partial charge in [-0.3, -0.25) is 9.59 Å². The lowest BCUT2D eigenvalue weighted by molar-refractivity contribution is -0.130. The molecule has 6 nitrogen and oxygen atoms in total. The average molecular weight is 433 g/mol. The van der Waals surface area contributed by atoms with Gasteiger partial charge >= 0.3 is 0 Å². The van der Waals surface area contributed by atoms with E-state index in [0.29, 0.717) is 13.0 Å². The highest BCUT2D eigenvalue weighted by atomic mass is 16.2. The summed E-state index contributed by atoms with van der Waals surface area (Å²) in [6, 6.07) is 16.1. The quantitative estimate of drug-likeness (QED) is 0.531. The molecule has 1 fully saturated rings. The highest BCUT2D eigenvalue weighted by molar-refractivity contribution is 5.96. The van der Waals surface area contributed by atoms with E-state index in [1.165, 1.54) is 5.56 Å². The molecule has 0 radical (unpaired) electrons. The number of benzene rings is 2. The van der Waals surface area contributed by atoms with E-state index >= 15 is 0 Å². The summed E-state index contributed by atoms with van der Waals surface area (Å²) >= 11 is 0. The highest BCUT2D eigenvalue weighted by Gasteiger charge is 2.35. The maximum atomic E-state index is 12.9. The molecule has 4 rings (SSSR count). The minimum Gasteiger partial charge on any atom is -0.344 e. The molecule has 1 aliphatic heterocycles. The summed E-state index contributed by atoms with van der Waals surface area (Å²) < 4.78 is 2.02. The van der Waals surface area contributed by atoms with Crippen LogP contribution in [0.1, 0.15) is 50.4 Å². The third-order valence-electron chi connectivity index (χ3n) is 6.40. The molecule has 0 unspecified atom stereocenters. The molecule has 0 N–H and O–H groups in total. The second-order valence-corrected chi connectivity index (χ2v) is 8.64. The van der Waals surface area contributed by atoms with Gasteiger partial charge in [0, 0.05) is 38.2 Å². The largest absolute Gasteiger partial charge is 0.344 e.